The van der Waals surface area contributed by atoms with Crippen molar-refractivity contribution in [2.75, 3.05) is 6.54 Å². The average molecular weight is 394 g/mol. The third-order valence-electron chi connectivity index (χ3n) is 3.10. The number of pyridine rings is 1. The Balaban J connectivity index is 2.39. The van der Waals surface area contributed by atoms with Crippen molar-refractivity contribution in [3.05, 3.63) is 31.6 Å². The summed E-state index contributed by atoms with van der Waals surface area (Å²) in [6, 6.07) is 2.29. The summed E-state index contributed by atoms with van der Waals surface area (Å²) in [7, 11) is 0. The van der Waals surface area contributed by atoms with Gasteiger partial charge in [0.15, 0.2) is 0 Å². The third-order valence-corrected chi connectivity index (χ3v) is 4.10. The molecule has 1 aromatic rings. The second-order valence-corrected chi connectivity index (χ2v) is 6.63. The number of hydrogen-bond donors (Lipinski definition) is 1. The highest BCUT2D eigenvalue weighted by Gasteiger charge is 2.04. The standard InChI is InChI=1S/C14H22Br2N2O/c1-3-4-5-6-11(2)17-7-8-18-10-12(15)9-13(16)14(18)19/h9-11,17H,3-8H2,1-2H3. The summed E-state index contributed by atoms with van der Waals surface area (Å²) < 4.78 is 3.23. The molecular formula is C14H22Br2N2O. The summed E-state index contributed by atoms with van der Waals surface area (Å²) >= 11 is 6.68. The number of hydrogen-bond acceptors (Lipinski definition) is 2. The lowest BCUT2D eigenvalue weighted by atomic mass is 10.1. The SMILES string of the molecule is CCCCCC(C)NCCn1cc(Br)cc(Br)c1=O. The molecule has 1 atom stereocenters. The van der Waals surface area contributed by atoms with Crippen LogP contribution in [0, 0.1) is 0 Å². The number of unbranched alkanes of at least 4 members (excludes halogenated alkanes) is 2. The van der Waals surface area contributed by atoms with E-state index in [1.165, 1.54) is 25.7 Å². The molecular weight excluding hydrogens is 372 g/mol. The Morgan fingerprint density at radius 2 is 2.11 bits per heavy atom. The van der Waals surface area contributed by atoms with E-state index in [1.807, 2.05) is 6.20 Å². The van der Waals surface area contributed by atoms with Crippen LogP contribution in [-0.2, 0) is 6.54 Å². The minimum absolute atomic E-state index is 0.0173. The van der Waals surface area contributed by atoms with Crippen LogP contribution in [0.15, 0.2) is 26.0 Å². The van der Waals surface area contributed by atoms with Crippen molar-refractivity contribution in [2.24, 2.45) is 0 Å². The van der Waals surface area contributed by atoms with Gasteiger partial charge in [-0.2, -0.15) is 0 Å². The van der Waals surface area contributed by atoms with Gasteiger partial charge < -0.3 is 9.88 Å². The van der Waals surface area contributed by atoms with Crippen LogP contribution in [0.2, 0.25) is 0 Å². The Kier molecular flexibility index (Phi) is 7.95. The molecule has 5 heteroatoms. The average Bonchev–Trinajstić information content (AvgIpc) is 2.35. The number of aromatic nitrogens is 1. The summed E-state index contributed by atoms with van der Waals surface area (Å²) in [6.07, 6.45) is 6.85. The largest absolute Gasteiger partial charge is 0.312 e. The van der Waals surface area contributed by atoms with Gasteiger partial charge in [0.05, 0.1) is 4.47 Å². The van der Waals surface area contributed by atoms with Crippen molar-refractivity contribution in [1.82, 2.24) is 9.88 Å². The van der Waals surface area contributed by atoms with Crippen molar-refractivity contribution in [3.8, 4) is 0 Å². The van der Waals surface area contributed by atoms with Crippen LogP contribution < -0.4 is 10.9 Å². The quantitative estimate of drug-likeness (QED) is 0.679. The van der Waals surface area contributed by atoms with Crippen LogP contribution >= 0.6 is 31.9 Å². The van der Waals surface area contributed by atoms with E-state index in [0.717, 1.165) is 11.0 Å². The first-order valence-corrected chi connectivity index (χ1v) is 8.42. The second kappa shape index (κ2) is 8.93. The number of nitrogens with zero attached hydrogens (tertiary/aromatic N) is 1. The third kappa shape index (κ3) is 6.23. The van der Waals surface area contributed by atoms with E-state index >= 15 is 0 Å². The molecule has 1 aromatic heterocycles. The maximum absolute atomic E-state index is 11.9. The van der Waals surface area contributed by atoms with Gasteiger partial charge >= 0.3 is 0 Å². The molecule has 19 heavy (non-hydrogen) atoms. The molecule has 0 fully saturated rings. The monoisotopic (exact) mass is 392 g/mol. The topological polar surface area (TPSA) is 34.0 Å². The maximum atomic E-state index is 11.9. The molecule has 1 heterocycles. The van der Waals surface area contributed by atoms with Crippen LogP contribution in [0.1, 0.15) is 39.5 Å². The molecule has 0 saturated heterocycles. The fraction of sp³-hybridized carbons (Fsp3) is 0.643. The molecule has 1 unspecified atom stereocenters. The first-order chi connectivity index (χ1) is 9.04. The normalized spacial score (nSPS) is 12.6. The van der Waals surface area contributed by atoms with E-state index in [4.69, 9.17) is 0 Å². The van der Waals surface area contributed by atoms with Crippen molar-refractivity contribution in [1.29, 1.82) is 0 Å². The zero-order valence-corrected chi connectivity index (χ0v) is 14.8. The summed E-state index contributed by atoms with van der Waals surface area (Å²) in [5.74, 6) is 0. The molecule has 0 aromatic carbocycles. The summed E-state index contributed by atoms with van der Waals surface area (Å²) in [6.45, 7) is 5.93. The molecule has 0 aliphatic heterocycles. The smallest absolute Gasteiger partial charge is 0.264 e. The molecule has 3 nitrogen and oxygen atoms in total. The molecule has 0 spiro atoms. The Bertz CT molecular complexity index is 446. The predicted octanol–water partition coefficient (Wildman–Crippen LogP) is 3.93. The number of halogens is 2. The van der Waals surface area contributed by atoms with Gasteiger partial charge in [0.2, 0.25) is 0 Å². The van der Waals surface area contributed by atoms with Gasteiger partial charge in [-0.1, -0.05) is 26.2 Å². The number of nitrogens with one attached hydrogen (secondary N) is 1. The molecule has 0 bridgehead atoms. The maximum Gasteiger partial charge on any atom is 0.264 e. The molecule has 108 valence electrons. The highest BCUT2D eigenvalue weighted by molar-refractivity contribution is 9.11. The van der Waals surface area contributed by atoms with Crippen molar-refractivity contribution >= 4 is 31.9 Å². The van der Waals surface area contributed by atoms with Gasteiger partial charge in [-0.25, -0.2) is 0 Å². The minimum atomic E-state index is 0.0173. The van der Waals surface area contributed by atoms with Crippen molar-refractivity contribution in [2.45, 2.75) is 52.1 Å². The van der Waals surface area contributed by atoms with E-state index in [2.05, 4.69) is 51.0 Å². The van der Waals surface area contributed by atoms with Crippen LogP contribution in [0.3, 0.4) is 0 Å². The first kappa shape index (κ1) is 16.9. The molecule has 0 saturated carbocycles. The first-order valence-electron chi connectivity index (χ1n) is 6.83. The van der Waals surface area contributed by atoms with Gasteiger partial charge in [0, 0.05) is 29.8 Å². The van der Waals surface area contributed by atoms with Gasteiger partial charge in [-0.05, 0) is 51.3 Å². The minimum Gasteiger partial charge on any atom is -0.312 e. The van der Waals surface area contributed by atoms with Gasteiger partial charge in [0.25, 0.3) is 5.56 Å². The van der Waals surface area contributed by atoms with Crippen molar-refractivity contribution in [3.63, 3.8) is 0 Å². The summed E-state index contributed by atoms with van der Waals surface area (Å²) in [5, 5.41) is 3.47. The fourth-order valence-electron chi connectivity index (χ4n) is 1.96. The van der Waals surface area contributed by atoms with Gasteiger partial charge in [-0.3, -0.25) is 4.79 Å². The van der Waals surface area contributed by atoms with Gasteiger partial charge in [0.1, 0.15) is 0 Å². The Hall–Kier alpha value is -0.130. The lowest BCUT2D eigenvalue weighted by molar-refractivity contribution is 0.467. The molecule has 1 N–H and O–H groups in total. The van der Waals surface area contributed by atoms with Crippen LogP contribution in [-0.4, -0.2) is 17.2 Å². The van der Waals surface area contributed by atoms with E-state index in [9.17, 15) is 4.79 Å². The molecule has 0 amide bonds. The number of rotatable bonds is 8. The zero-order valence-electron chi connectivity index (χ0n) is 11.6. The lowest BCUT2D eigenvalue weighted by Gasteiger charge is -2.14. The Labute approximate surface area is 132 Å². The van der Waals surface area contributed by atoms with Crippen LogP contribution in [0.5, 0.6) is 0 Å². The summed E-state index contributed by atoms with van der Waals surface area (Å²) in [5.41, 5.74) is 0.0173. The fourth-order valence-corrected chi connectivity index (χ4v) is 3.22. The van der Waals surface area contributed by atoms with Crippen LogP contribution in [0.4, 0.5) is 0 Å². The van der Waals surface area contributed by atoms with E-state index in [0.29, 0.717) is 17.1 Å². The van der Waals surface area contributed by atoms with Crippen molar-refractivity contribution < 1.29 is 0 Å². The molecule has 0 aliphatic rings. The molecule has 0 radical (unpaired) electrons. The zero-order chi connectivity index (χ0) is 14.3. The van der Waals surface area contributed by atoms with Crippen LogP contribution in [0.25, 0.3) is 0 Å². The highest BCUT2D eigenvalue weighted by atomic mass is 79.9. The molecule has 1 rings (SSSR count). The Morgan fingerprint density at radius 1 is 1.37 bits per heavy atom. The molecule has 0 aliphatic carbocycles. The highest BCUT2D eigenvalue weighted by Crippen LogP contribution is 2.12. The second-order valence-electron chi connectivity index (χ2n) is 4.86. The van der Waals surface area contributed by atoms with E-state index in [1.54, 1.807) is 10.6 Å². The Morgan fingerprint density at radius 3 is 2.79 bits per heavy atom. The summed E-state index contributed by atoms with van der Waals surface area (Å²) in [4.78, 5) is 11.9. The lowest BCUT2D eigenvalue weighted by Crippen LogP contribution is -2.32. The van der Waals surface area contributed by atoms with E-state index < -0.39 is 0 Å². The predicted molar refractivity (Wildman–Crippen MR) is 87.7 cm³/mol. The van der Waals surface area contributed by atoms with E-state index in [-0.39, 0.29) is 5.56 Å². The van der Waals surface area contributed by atoms with Gasteiger partial charge in [-0.15, -0.1) is 0 Å².